The molecule has 0 saturated carbocycles. The van der Waals surface area contributed by atoms with E-state index in [0.29, 0.717) is 0 Å². The Kier molecular flexibility index (Phi) is 3.40. The maximum absolute atomic E-state index is 11.9. The average Bonchev–Trinajstić information content (AvgIpc) is 2.54. The predicted octanol–water partition coefficient (Wildman–Crippen LogP) is 4.91. The number of halogens is 2. The minimum atomic E-state index is -0.507. The number of anilines is 2. The fourth-order valence-electron chi connectivity index (χ4n) is 2.25. The van der Waals surface area contributed by atoms with E-state index in [2.05, 4.69) is 31.9 Å². The summed E-state index contributed by atoms with van der Waals surface area (Å²) in [7, 11) is 0. The molecule has 0 aromatic heterocycles. The lowest BCUT2D eigenvalue weighted by Gasteiger charge is -2.23. The molecule has 20 heavy (non-hydrogen) atoms. The van der Waals surface area contributed by atoms with E-state index in [4.69, 9.17) is 5.73 Å². The SMILES string of the molecule is NC(=O)N1c2cc(Br)ccc2C=Cc2ccc(Br)cc21. The van der Waals surface area contributed by atoms with Gasteiger partial charge < -0.3 is 5.73 Å². The Balaban J connectivity index is 2.32. The highest BCUT2D eigenvalue weighted by atomic mass is 79.9. The third-order valence-corrected chi connectivity index (χ3v) is 4.12. The lowest BCUT2D eigenvalue weighted by atomic mass is 10.1. The number of fused-ring (bicyclic) bond motifs is 2. The molecule has 0 atom stereocenters. The summed E-state index contributed by atoms with van der Waals surface area (Å²) in [5.74, 6) is 0. The van der Waals surface area contributed by atoms with Crippen LogP contribution in [0.4, 0.5) is 16.2 Å². The molecule has 3 rings (SSSR count). The summed E-state index contributed by atoms with van der Waals surface area (Å²) in [4.78, 5) is 13.5. The van der Waals surface area contributed by atoms with Crippen molar-refractivity contribution in [1.29, 1.82) is 0 Å². The van der Waals surface area contributed by atoms with E-state index >= 15 is 0 Å². The van der Waals surface area contributed by atoms with Crippen molar-refractivity contribution in [1.82, 2.24) is 0 Å². The molecular weight excluding hydrogens is 384 g/mol. The minimum Gasteiger partial charge on any atom is -0.351 e. The maximum Gasteiger partial charge on any atom is 0.323 e. The molecule has 1 aliphatic rings. The number of nitrogens with zero attached hydrogens (tertiary/aromatic N) is 1. The van der Waals surface area contributed by atoms with Crippen LogP contribution in [0, 0.1) is 0 Å². The van der Waals surface area contributed by atoms with Crippen LogP contribution in [0.25, 0.3) is 12.2 Å². The average molecular weight is 394 g/mol. The zero-order chi connectivity index (χ0) is 14.3. The molecular formula is C15H10Br2N2O. The first kappa shape index (κ1) is 13.4. The summed E-state index contributed by atoms with van der Waals surface area (Å²) in [6.45, 7) is 0. The van der Waals surface area contributed by atoms with Crippen LogP contribution in [0.2, 0.25) is 0 Å². The van der Waals surface area contributed by atoms with Crippen molar-refractivity contribution in [2.45, 2.75) is 0 Å². The highest BCUT2D eigenvalue weighted by Crippen LogP contribution is 2.38. The van der Waals surface area contributed by atoms with Crippen molar-refractivity contribution in [3.05, 3.63) is 56.5 Å². The van der Waals surface area contributed by atoms with E-state index in [1.807, 2.05) is 48.6 Å². The van der Waals surface area contributed by atoms with Gasteiger partial charge in [-0.1, -0.05) is 56.1 Å². The van der Waals surface area contributed by atoms with Crippen molar-refractivity contribution >= 4 is 61.4 Å². The van der Waals surface area contributed by atoms with Crippen LogP contribution < -0.4 is 10.6 Å². The number of rotatable bonds is 0. The van der Waals surface area contributed by atoms with E-state index in [-0.39, 0.29) is 0 Å². The van der Waals surface area contributed by atoms with Crippen LogP contribution in [0.5, 0.6) is 0 Å². The first-order valence-electron chi connectivity index (χ1n) is 5.93. The van der Waals surface area contributed by atoms with Crippen LogP contribution in [-0.2, 0) is 0 Å². The number of urea groups is 1. The molecule has 1 aliphatic heterocycles. The summed E-state index contributed by atoms with van der Waals surface area (Å²) in [6, 6.07) is 11.1. The second kappa shape index (κ2) is 5.07. The zero-order valence-corrected chi connectivity index (χ0v) is 13.5. The first-order chi connectivity index (χ1) is 9.56. The van der Waals surface area contributed by atoms with Crippen LogP contribution >= 0.6 is 31.9 Å². The Morgan fingerprint density at radius 3 is 1.75 bits per heavy atom. The number of carbonyl (C=O) groups excluding carboxylic acids is 1. The molecule has 1 heterocycles. The minimum absolute atomic E-state index is 0.507. The molecule has 5 heteroatoms. The van der Waals surface area contributed by atoms with Crippen molar-refractivity contribution in [2.75, 3.05) is 4.90 Å². The number of primary amides is 1. The van der Waals surface area contributed by atoms with Crippen LogP contribution in [0.15, 0.2) is 45.3 Å². The maximum atomic E-state index is 11.9. The standard InChI is InChI=1S/C15H10Br2N2O/c16-11-5-3-9-1-2-10-4-6-12(17)8-14(10)19(15(18)20)13(9)7-11/h1-8H,(H2,18,20). The Morgan fingerprint density at radius 2 is 1.35 bits per heavy atom. The molecule has 0 spiro atoms. The van der Waals surface area contributed by atoms with Gasteiger partial charge in [-0.25, -0.2) is 4.79 Å². The summed E-state index contributed by atoms with van der Waals surface area (Å²) in [5.41, 5.74) is 9.01. The molecule has 0 bridgehead atoms. The molecule has 2 N–H and O–H groups in total. The number of hydrogen-bond donors (Lipinski definition) is 1. The van der Waals surface area contributed by atoms with E-state index in [0.717, 1.165) is 31.4 Å². The summed E-state index contributed by atoms with van der Waals surface area (Å²) >= 11 is 6.87. The molecule has 2 amide bonds. The number of hydrogen-bond acceptors (Lipinski definition) is 1. The Bertz CT molecular complexity index is 685. The van der Waals surface area contributed by atoms with E-state index in [1.165, 1.54) is 4.90 Å². The van der Waals surface area contributed by atoms with Gasteiger partial charge in [-0.2, -0.15) is 0 Å². The van der Waals surface area contributed by atoms with Crippen molar-refractivity contribution in [3.63, 3.8) is 0 Å². The van der Waals surface area contributed by atoms with E-state index in [1.54, 1.807) is 0 Å². The smallest absolute Gasteiger partial charge is 0.323 e. The molecule has 0 radical (unpaired) electrons. The normalized spacial score (nSPS) is 12.6. The highest BCUT2D eigenvalue weighted by molar-refractivity contribution is 9.10. The number of carbonyl (C=O) groups is 1. The van der Waals surface area contributed by atoms with Gasteiger partial charge >= 0.3 is 6.03 Å². The molecule has 0 unspecified atom stereocenters. The fourth-order valence-corrected chi connectivity index (χ4v) is 2.95. The number of benzene rings is 2. The van der Waals surface area contributed by atoms with Gasteiger partial charge in [0.15, 0.2) is 0 Å². The van der Waals surface area contributed by atoms with Gasteiger partial charge in [0.05, 0.1) is 11.4 Å². The quantitative estimate of drug-likeness (QED) is 0.678. The van der Waals surface area contributed by atoms with Crippen LogP contribution in [0.1, 0.15) is 11.1 Å². The molecule has 2 aromatic rings. The lowest BCUT2D eigenvalue weighted by molar-refractivity contribution is 0.256. The van der Waals surface area contributed by atoms with Crippen molar-refractivity contribution in [3.8, 4) is 0 Å². The molecule has 0 aliphatic carbocycles. The Labute approximate surface area is 133 Å². The third kappa shape index (κ3) is 2.27. The van der Waals surface area contributed by atoms with Gasteiger partial charge in [-0.3, -0.25) is 4.90 Å². The largest absolute Gasteiger partial charge is 0.351 e. The second-order valence-corrected chi connectivity index (χ2v) is 6.24. The monoisotopic (exact) mass is 392 g/mol. The van der Waals surface area contributed by atoms with Gasteiger partial charge in [0.2, 0.25) is 0 Å². The zero-order valence-electron chi connectivity index (χ0n) is 10.3. The highest BCUT2D eigenvalue weighted by Gasteiger charge is 2.22. The van der Waals surface area contributed by atoms with E-state index in [9.17, 15) is 4.79 Å². The van der Waals surface area contributed by atoms with Crippen molar-refractivity contribution in [2.24, 2.45) is 5.73 Å². The lowest BCUT2D eigenvalue weighted by Crippen LogP contribution is -2.32. The van der Waals surface area contributed by atoms with Crippen LogP contribution in [0.3, 0.4) is 0 Å². The molecule has 100 valence electrons. The number of amides is 2. The number of nitrogens with two attached hydrogens (primary N) is 1. The van der Waals surface area contributed by atoms with Crippen molar-refractivity contribution < 1.29 is 4.79 Å². The summed E-state index contributed by atoms with van der Waals surface area (Å²) < 4.78 is 1.80. The second-order valence-electron chi connectivity index (χ2n) is 4.41. The van der Waals surface area contributed by atoms with Gasteiger partial charge in [0, 0.05) is 8.95 Å². The first-order valence-corrected chi connectivity index (χ1v) is 7.51. The third-order valence-electron chi connectivity index (χ3n) is 3.13. The fraction of sp³-hybridized carbons (Fsp3) is 0. The van der Waals surface area contributed by atoms with E-state index < -0.39 is 6.03 Å². The van der Waals surface area contributed by atoms with Gasteiger partial charge in [-0.15, -0.1) is 0 Å². The molecule has 0 fully saturated rings. The molecule has 2 aromatic carbocycles. The van der Waals surface area contributed by atoms with Gasteiger partial charge in [0.25, 0.3) is 0 Å². The topological polar surface area (TPSA) is 46.3 Å². The Morgan fingerprint density at radius 1 is 0.900 bits per heavy atom. The van der Waals surface area contributed by atoms with Crippen LogP contribution in [-0.4, -0.2) is 6.03 Å². The predicted molar refractivity (Wildman–Crippen MR) is 88.9 cm³/mol. The molecule has 0 saturated heterocycles. The summed E-state index contributed by atoms with van der Waals surface area (Å²) in [6.07, 6.45) is 3.97. The summed E-state index contributed by atoms with van der Waals surface area (Å²) in [5, 5.41) is 0. The molecule has 3 nitrogen and oxygen atoms in total. The van der Waals surface area contributed by atoms with Gasteiger partial charge in [-0.05, 0) is 35.4 Å². The Hall–Kier alpha value is -1.59. The van der Waals surface area contributed by atoms with Gasteiger partial charge in [0.1, 0.15) is 0 Å².